The van der Waals surface area contributed by atoms with Gasteiger partial charge in [-0.2, -0.15) is 10.5 Å². The molecule has 6 nitrogen and oxygen atoms in total. The van der Waals surface area contributed by atoms with Crippen LogP contribution in [0.2, 0.25) is 0 Å². The van der Waals surface area contributed by atoms with Crippen LogP contribution in [0, 0.1) is 22.7 Å². The Balaban J connectivity index is -0.000000107. The molecule has 2 N–H and O–H groups in total. The Morgan fingerprint density at radius 1 is 1.00 bits per heavy atom. The minimum absolute atomic E-state index is 0. The Morgan fingerprint density at radius 2 is 1.09 bits per heavy atom. The molecule has 0 unspecified atom stereocenters. The number of carboxylic acids is 2. The van der Waals surface area contributed by atoms with E-state index in [0.29, 0.717) is 0 Å². The fraction of sp³-hybridized carbons (Fsp3) is 0. The third kappa shape index (κ3) is 58.8. The molecule has 0 saturated carbocycles. The number of nitriles is 2. The van der Waals surface area contributed by atoms with Crippen molar-refractivity contribution in [2.75, 3.05) is 0 Å². The molecular weight excluding hydrogens is 204 g/mol. The van der Waals surface area contributed by atoms with E-state index in [4.69, 9.17) is 30.3 Å². The molecule has 0 aliphatic rings. The van der Waals surface area contributed by atoms with Crippen molar-refractivity contribution in [3.05, 3.63) is 0 Å². The van der Waals surface area contributed by atoms with Gasteiger partial charge in [-0.15, -0.1) is 0 Å². The van der Waals surface area contributed by atoms with E-state index in [1.165, 1.54) is 0 Å². The monoisotopic (exact) mass is 205 g/mol. The summed E-state index contributed by atoms with van der Waals surface area (Å²) in [7, 11) is 0. The van der Waals surface area contributed by atoms with Crippen molar-refractivity contribution in [3.8, 4) is 12.1 Å². The third-order valence-electron chi connectivity index (χ3n) is 0.191. The number of hydrogen-bond donors (Lipinski definition) is 2. The minimum atomic E-state index is -1.44. The van der Waals surface area contributed by atoms with Crippen LogP contribution in [0.4, 0.5) is 0 Å². The molecule has 0 aromatic rings. The topological polar surface area (TPSA) is 122 Å². The van der Waals surface area contributed by atoms with Crippen molar-refractivity contribution in [1.29, 1.82) is 10.5 Å². The van der Waals surface area contributed by atoms with E-state index in [2.05, 4.69) is 0 Å². The van der Waals surface area contributed by atoms with Gasteiger partial charge in [-0.1, -0.05) is 0 Å². The molecule has 0 rings (SSSR count). The van der Waals surface area contributed by atoms with E-state index in [9.17, 15) is 0 Å². The fourth-order valence-corrected chi connectivity index (χ4v) is 0. The molecule has 11 heavy (non-hydrogen) atoms. The van der Waals surface area contributed by atoms with Crippen molar-refractivity contribution >= 4 is 11.9 Å². The number of aliphatic carboxylic acids is 2. The largest absolute Gasteiger partial charge is 0.470 e. The number of carboxylic acid groups (broad SMARTS) is 2. The molecule has 0 aliphatic carbocycles. The predicted molar refractivity (Wildman–Crippen MR) is 26.5 cm³/mol. The summed E-state index contributed by atoms with van der Waals surface area (Å²) in [5.41, 5.74) is 0. The standard InChI is InChI=1S/2C2HNO2.Cu/c2*3-1-2(4)5;/h2*(H,4,5);. The van der Waals surface area contributed by atoms with Crippen LogP contribution in [-0.2, 0) is 26.7 Å². The summed E-state index contributed by atoms with van der Waals surface area (Å²) in [5.74, 6) is -2.88. The second-order valence-corrected chi connectivity index (χ2v) is 0.834. The molecule has 0 spiro atoms. The Kier molecular flexibility index (Phi) is 16.6. The molecule has 0 saturated heterocycles. The predicted octanol–water partition coefficient (Wildman–Crippen LogP) is -0.813. The first kappa shape index (κ1) is 16.2. The zero-order valence-corrected chi connectivity index (χ0v) is 5.85. The molecule has 7 heteroatoms. The maximum atomic E-state index is 9.01. The van der Waals surface area contributed by atoms with E-state index >= 15 is 0 Å². The molecule has 0 aromatic carbocycles. The summed E-state index contributed by atoms with van der Waals surface area (Å²) in [4.78, 5) is 18.0. The van der Waals surface area contributed by atoms with E-state index in [0.717, 1.165) is 12.1 Å². The SMILES string of the molecule is N#CC(=O)O.N#CC(=O)O.[Cu]. The second-order valence-electron chi connectivity index (χ2n) is 0.834. The Bertz CT molecular complexity index is 189. The summed E-state index contributed by atoms with van der Waals surface area (Å²) < 4.78 is 0. The molecule has 63 valence electrons. The molecule has 1 radical (unpaired) electrons. The molecule has 0 amide bonds. The molecule has 0 aliphatic heterocycles. The van der Waals surface area contributed by atoms with Gasteiger partial charge in [0.15, 0.2) is 12.1 Å². The van der Waals surface area contributed by atoms with Crippen molar-refractivity contribution in [2.24, 2.45) is 0 Å². The van der Waals surface area contributed by atoms with Gasteiger partial charge < -0.3 is 10.2 Å². The molecule has 0 fully saturated rings. The van der Waals surface area contributed by atoms with E-state index in [-0.39, 0.29) is 17.1 Å². The van der Waals surface area contributed by atoms with Crippen LogP contribution >= 0.6 is 0 Å². The average molecular weight is 206 g/mol. The van der Waals surface area contributed by atoms with Crippen LogP contribution in [0.3, 0.4) is 0 Å². The first-order valence-corrected chi connectivity index (χ1v) is 1.80. The quantitative estimate of drug-likeness (QED) is 0.303. The van der Waals surface area contributed by atoms with E-state index in [1.54, 1.807) is 0 Å². The van der Waals surface area contributed by atoms with Crippen molar-refractivity contribution in [3.63, 3.8) is 0 Å². The Labute approximate surface area is 72.1 Å². The van der Waals surface area contributed by atoms with E-state index < -0.39 is 11.9 Å². The maximum absolute atomic E-state index is 9.01. The van der Waals surface area contributed by atoms with Crippen LogP contribution < -0.4 is 0 Å². The second kappa shape index (κ2) is 11.3. The van der Waals surface area contributed by atoms with Gasteiger partial charge in [-0.25, -0.2) is 9.59 Å². The molecule has 0 atom stereocenters. The van der Waals surface area contributed by atoms with Crippen molar-refractivity contribution in [1.82, 2.24) is 0 Å². The smallest absolute Gasteiger partial charge is 0.408 e. The number of hydrogen-bond acceptors (Lipinski definition) is 4. The minimum Gasteiger partial charge on any atom is -0.470 e. The van der Waals surface area contributed by atoms with Gasteiger partial charge in [-0.3, -0.25) is 0 Å². The van der Waals surface area contributed by atoms with Crippen LogP contribution in [-0.4, -0.2) is 22.2 Å². The van der Waals surface area contributed by atoms with Crippen LogP contribution in [0.1, 0.15) is 0 Å². The summed E-state index contributed by atoms with van der Waals surface area (Å²) >= 11 is 0. The van der Waals surface area contributed by atoms with Crippen LogP contribution in [0.25, 0.3) is 0 Å². The zero-order valence-electron chi connectivity index (χ0n) is 4.91. The Hall–Kier alpha value is -1.56. The van der Waals surface area contributed by atoms with Crippen molar-refractivity contribution < 1.29 is 36.9 Å². The maximum Gasteiger partial charge on any atom is 0.408 e. The van der Waals surface area contributed by atoms with Gasteiger partial charge in [0.2, 0.25) is 0 Å². The van der Waals surface area contributed by atoms with Crippen molar-refractivity contribution in [2.45, 2.75) is 0 Å². The van der Waals surface area contributed by atoms with Gasteiger partial charge >= 0.3 is 11.9 Å². The number of carbonyl (C=O) groups is 2. The van der Waals surface area contributed by atoms with Gasteiger partial charge in [0.25, 0.3) is 0 Å². The molecule has 0 bridgehead atoms. The van der Waals surface area contributed by atoms with E-state index in [1.807, 2.05) is 0 Å². The number of rotatable bonds is 0. The summed E-state index contributed by atoms with van der Waals surface area (Å²) in [5, 5.41) is 29.3. The Morgan fingerprint density at radius 3 is 1.09 bits per heavy atom. The molecule has 0 aromatic heterocycles. The van der Waals surface area contributed by atoms with Gasteiger partial charge in [-0.05, 0) is 0 Å². The first-order chi connectivity index (χ1) is 4.54. The average Bonchev–Trinajstić information content (AvgIpc) is 1.89. The van der Waals surface area contributed by atoms with Gasteiger partial charge in [0.1, 0.15) is 0 Å². The third-order valence-corrected chi connectivity index (χ3v) is 0.191. The fourth-order valence-electron chi connectivity index (χ4n) is 0. The van der Waals surface area contributed by atoms with Gasteiger partial charge in [0.05, 0.1) is 0 Å². The molecule has 0 heterocycles. The number of nitrogens with zero attached hydrogens (tertiary/aromatic N) is 2. The molecular formula is C4H2CuN2O4. The van der Waals surface area contributed by atoms with Crippen LogP contribution in [0.15, 0.2) is 0 Å². The van der Waals surface area contributed by atoms with Crippen LogP contribution in [0.5, 0.6) is 0 Å². The first-order valence-electron chi connectivity index (χ1n) is 1.80. The zero-order chi connectivity index (χ0) is 8.57. The van der Waals surface area contributed by atoms with Gasteiger partial charge in [0, 0.05) is 17.1 Å². The normalized spacial score (nSPS) is 4.91. The summed E-state index contributed by atoms with van der Waals surface area (Å²) in [6, 6.07) is 1.89. The summed E-state index contributed by atoms with van der Waals surface area (Å²) in [6.45, 7) is 0. The summed E-state index contributed by atoms with van der Waals surface area (Å²) in [6.07, 6.45) is 0.